The third-order valence-electron chi connectivity index (χ3n) is 3.73. The van der Waals surface area contributed by atoms with Gasteiger partial charge in [-0.2, -0.15) is 0 Å². The summed E-state index contributed by atoms with van der Waals surface area (Å²) in [6.45, 7) is 0. The second kappa shape index (κ2) is 5.29. The summed E-state index contributed by atoms with van der Waals surface area (Å²) in [5.41, 5.74) is 3.88. The molecular formula is C17H15ClO2. The summed E-state index contributed by atoms with van der Waals surface area (Å²) in [5, 5.41) is 0.657. The van der Waals surface area contributed by atoms with Crippen LogP contribution in [-0.2, 0) is 6.42 Å². The van der Waals surface area contributed by atoms with Crippen molar-refractivity contribution in [1.29, 1.82) is 0 Å². The number of ketones is 1. The molecule has 3 rings (SSSR count). The fraction of sp³-hybridized carbons (Fsp3) is 0.235. The van der Waals surface area contributed by atoms with Crippen molar-refractivity contribution in [3.8, 4) is 16.9 Å². The van der Waals surface area contributed by atoms with Crippen molar-refractivity contribution in [2.24, 2.45) is 0 Å². The molecule has 0 saturated heterocycles. The summed E-state index contributed by atoms with van der Waals surface area (Å²) >= 11 is 6.07. The zero-order valence-electron chi connectivity index (χ0n) is 11.3. The van der Waals surface area contributed by atoms with E-state index < -0.39 is 0 Å². The van der Waals surface area contributed by atoms with Crippen LogP contribution < -0.4 is 4.74 Å². The lowest BCUT2D eigenvalue weighted by atomic mass is 9.88. The number of rotatable bonds is 2. The van der Waals surface area contributed by atoms with Crippen LogP contribution in [0, 0.1) is 0 Å². The number of hydrogen-bond donors (Lipinski definition) is 0. The molecule has 2 aromatic carbocycles. The normalized spacial score (nSPS) is 14.0. The van der Waals surface area contributed by atoms with E-state index in [1.165, 1.54) is 0 Å². The molecule has 0 fully saturated rings. The maximum absolute atomic E-state index is 12.0. The SMILES string of the molecule is COc1ccc(Cl)cc1-c1ccc2c(c1)C(=O)CCC2. The van der Waals surface area contributed by atoms with E-state index in [-0.39, 0.29) is 5.78 Å². The van der Waals surface area contributed by atoms with E-state index in [1.54, 1.807) is 13.2 Å². The van der Waals surface area contributed by atoms with Gasteiger partial charge in [-0.15, -0.1) is 0 Å². The Labute approximate surface area is 123 Å². The van der Waals surface area contributed by atoms with E-state index in [1.807, 2.05) is 30.3 Å². The summed E-state index contributed by atoms with van der Waals surface area (Å²) in [7, 11) is 1.64. The van der Waals surface area contributed by atoms with Crippen LogP contribution in [0.3, 0.4) is 0 Å². The topological polar surface area (TPSA) is 26.3 Å². The number of aryl methyl sites for hydroxylation is 1. The lowest BCUT2D eigenvalue weighted by molar-refractivity contribution is 0.0972. The molecule has 0 amide bonds. The number of benzene rings is 2. The van der Waals surface area contributed by atoms with Gasteiger partial charge in [0.2, 0.25) is 0 Å². The van der Waals surface area contributed by atoms with Gasteiger partial charge in [-0.3, -0.25) is 4.79 Å². The molecule has 0 unspecified atom stereocenters. The third kappa shape index (κ3) is 2.32. The largest absolute Gasteiger partial charge is 0.496 e. The first-order valence-corrected chi connectivity index (χ1v) is 7.07. The molecule has 0 aliphatic heterocycles. The van der Waals surface area contributed by atoms with Crippen LogP contribution in [0.4, 0.5) is 0 Å². The lowest BCUT2D eigenvalue weighted by Crippen LogP contribution is -2.10. The van der Waals surface area contributed by atoms with E-state index in [2.05, 4.69) is 0 Å². The number of methoxy groups -OCH3 is 1. The molecule has 102 valence electrons. The molecule has 20 heavy (non-hydrogen) atoms. The van der Waals surface area contributed by atoms with E-state index >= 15 is 0 Å². The first kappa shape index (κ1) is 13.2. The molecule has 0 spiro atoms. The van der Waals surface area contributed by atoms with Gasteiger partial charge in [0.15, 0.2) is 5.78 Å². The molecule has 1 aliphatic carbocycles. The fourth-order valence-corrected chi connectivity index (χ4v) is 2.87. The zero-order valence-corrected chi connectivity index (χ0v) is 12.0. The van der Waals surface area contributed by atoms with Crippen molar-refractivity contribution in [2.75, 3.05) is 7.11 Å². The van der Waals surface area contributed by atoms with E-state index in [0.717, 1.165) is 40.8 Å². The number of Topliss-reactive ketones (excluding diaryl/α,β-unsaturated/α-hetero) is 1. The Hall–Kier alpha value is -1.80. The summed E-state index contributed by atoms with van der Waals surface area (Å²) < 4.78 is 5.38. The van der Waals surface area contributed by atoms with Crippen LogP contribution in [0.2, 0.25) is 5.02 Å². The summed E-state index contributed by atoms with van der Waals surface area (Å²) in [5.74, 6) is 0.992. The maximum Gasteiger partial charge on any atom is 0.163 e. The average Bonchev–Trinajstić information content (AvgIpc) is 2.47. The summed E-state index contributed by atoms with van der Waals surface area (Å²) in [6.07, 6.45) is 2.57. The van der Waals surface area contributed by atoms with Gasteiger partial charge in [0.25, 0.3) is 0 Å². The van der Waals surface area contributed by atoms with Gasteiger partial charge in [0, 0.05) is 22.6 Å². The Bertz CT molecular complexity index is 677. The predicted molar refractivity (Wildman–Crippen MR) is 80.7 cm³/mol. The van der Waals surface area contributed by atoms with Gasteiger partial charge >= 0.3 is 0 Å². The summed E-state index contributed by atoms with van der Waals surface area (Å²) in [6, 6.07) is 11.6. The second-order valence-corrected chi connectivity index (χ2v) is 5.43. The van der Waals surface area contributed by atoms with Crippen LogP contribution in [0.15, 0.2) is 36.4 Å². The number of carbonyl (C=O) groups excluding carboxylic acids is 1. The summed E-state index contributed by atoms with van der Waals surface area (Å²) in [4.78, 5) is 12.0. The Morgan fingerprint density at radius 1 is 1.05 bits per heavy atom. The van der Waals surface area contributed by atoms with Gasteiger partial charge in [0.05, 0.1) is 7.11 Å². The van der Waals surface area contributed by atoms with Crippen molar-refractivity contribution in [1.82, 2.24) is 0 Å². The minimum atomic E-state index is 0.231. The standard InChI is InChI=1S/C17H15ClO2/c1-20-17-8-7-13(18)10-15(17)12-6-5-11-3-2-4-16(19)14(11)9-12/h5-10H,2-4H2,1H3. The van der Waals surface area contributed by atoms with Crippen molar-refractivity contribution < 1.29 is 9.53 Å². The smallest absolute Gasteiger partial charge is 0.163 e. The first-order valence-electron chi connectivity index (χ1n) is 6.69. The molecule has 0 radical (unpaired) electrons. The quantitative estimate of drug-likeness (QED) is 0.810. The van der Waals surface area contributed by atoms with Crippen LogP contribution in [-0.4, -0.2) is 12.9 Å². The second-order valence-electron chi connectivity index (χ2n) is 4.99. The molecule has 2 aromatic rings. The molecule has 3 heteroatoms. The Morgan fingerprint density at radius 3 is 2.70 bits per heavy atom. The Balaban J connectivity index is 2.13. The Morgan fingerprint density at radius 2 is 1.90 bits per heavy atom. The number of ether oxygens (including phenoxy) is 1. The molecule has 0 heterocycles. The van der Waals surface area contributed by atoms with E-state index in [4.69, 9.17) is 16.3 Å². The number of carbonyl (C=O) groups is 1. The van der Waals surface area contributed by atoms with Gasteiger partial charge < -0.3 is 4.74 Å². The van der Waals surface area contributed by atoms with E-state index in [0.29, 0.717) is 11.4 Å². The highest BCUT2D eigenvalue weighted by molar-refractivity contribution is 6.31. The highest BCUT2D eigenvalue weighted by atomic mass is 35.5. The fourth-order valence-electron chi connectivity index (χ4n) is 2.70. The molecule has 2 nitrogen and oxygen atoms in total. The highest BCUT2D eigenvalue weighted by Crippen LogP contribution is 2.34. The van der Waals surface area contributed by atoms with Gasteiger partial charge in [-0.1, -0.05) is 23.7 Å². The molecular weight excluding hydrogens is 272 g/mol. The van der Waals surface area contributed by atoms with Gasteiger partial charge in [-0.05, 0) is 48.2 Å². The van der Waals surface area contributed by atoms with E-state index in [9.17, 15) is 4.79 Å². The maximum atomic E-state index is 12.0. The van der Waals surface area contributed by atoms with Gasteiger partial charge in [-0.25, -0.2) is 0 Å². The van der Waals surface area contributed by atoms with Gasteiger partial charge in [0.1, 0.15) is 5.75 Å². The number of halogens is 1. The minimum absolute atomic E-state index is 0.231. The predicted octanol–water partition coefficient (Wildman–Crippen LogP) is 4.53. The van der Waals surface area contributed by atoms with Crippen LogP contribution >= 0.6 is 11.6 Å². The highest BCUT2D eigenvalue weighted by Gasteiger charge is 2.18. The lowest BCUT2D eigenvalue weighted by Gasteiger charge is -2.16. The molecule has 0 atom stereocenters. The first-order chi connectivity index (χ1) is 9.69. The van der Waals surface area contributed by atoms with Crippen molar-refractivity contribution >= 4 is 17.4 Å². The van der Waals surface area contributed by atoms with Crippen LogP contribution in [0.5, 0.6) is 5.75 Å². The van der Waals surface area contributed by atoms with Crippen molar-refractivity contribution in [3.63, 3.8) is 0 Å². The molecule has 0 bridgehead atoms. The number of hydrogen-bond acceptors (Lipinski definition) is 2. The Kier molecular flexibility index (Phi) is 3.49. The zero-order chi connectivity index (χ0) is 14.1. The number of fused-ring (bicyclic) bond motifs is 1. The van der Waals surface area contributed by atoms with Crippen molar-refractivity contribution in [2.45, 2.75) is 19.3 Å². The molecule has 0 aromatic heterocycles. The molecule has 0 saturated carbocycles. The minimum Gasteiger partial charge on any atom is -0.496 e. The van der Waals surface area contributed by atoms with Crippen LogP contribution in [0.1, 0.15) is 28.8 Å². The monoisotopic (exact) mass is 286 g/mol. The molecule has 1 aliphatic rings. The van der Waals surface area contributed by atoms with Crippen molar-refractivity contribution in [3.05, 3.63) is 52.5 Å². The third-order valence-corrected chi connectivity index (χ3v) is 3.97. The average molecular weight is 287 g/mol. The molecule has 0 N–H and O–H groups in total. The van der Waals surface area contributed by atoms with Crippen LogP contribution in [0.25, 0.3) is 11.1 Å².